The average molecular weight is 227 g/mol. The number of hydrogen-bond donors (Lipinski definition) is 2. The molecule has 3 heteroatoms. The molecule has 0 radical (unpaired) electrons. The minimum Gasteiger partial charge on any atom is -0.389 e. The SMILES string of the molecule is CCC1(NCC(O)COCC2CC2)CCC1. The van der Waals surface area contributed by atoms with Gasteiger partial charge in [0.2, 0.25) is 0 Å². The summed E-state index contributed by atoms with van der Waals surface area (Å²) in [6.07, 6.45) is 7.30. The Bertz CT molecular complexity index is 206. The Morgan fingerprint density at radius 1 is 1.44 bits per heavy atom. The molecule has 16 heavy (non-hydrogen) atoms. The second-order valence-electron chi connectivity index (χ2n) is 5.50. The van der Waals surface area contributed by atoms with Crippen LogP contribution in [0.1, 0.15) is 45.4 Å². The van der Waals surface area contributed by atoms with E-state index in [4.69, 9.17) is 4.74 Å². The summed E-state index contributed by atoms with van der Waals surface area (Å²) in [6.45, 7) is 4.24. The Morgan fingerprint density at radius 2 is 2.19 bits per heavy atom. The molecule has 2 fully saturated rings. The van der Waals surface area contributed by atoms with Gasteiger partial charge < -0.3 is 15.2 Å². The lowest BCUT2D eigenvalue weighted by Crippen LogP contribution is -2.53. The highest BCUT2D eigenvalue weighted by Crippen LogP contribution is 2.34. The molecule has 2 rings (SSSR count). The first-order chi connectivity index (χ1) is 7.74. The summed E-state index contributed by atoms with van der Waals surface area (Å²) in [5.74, 6) is 0.786. The minimum absolute atomic E-state index is 0.331. The molecule has 0 aromatic rings. The number of hydrogen-bond acceptors (Lipinski definition) is 3. The number of rotatable bonds is 8. The zero-order valence-corrected chi connectivity index (χ0v) is 10.4. The smallest absolute Gasteiger partial charge is 0.0897 e. The third-order valence-electron chi connectivity index (χ3n) is 4.06. The standard InChI is InChI=1S/C13H25NO2/c1-2-13(6-3-7-13)14-8-12(15)10-16-9-11-4-5-11/h11-12,14-15H,2-10H2,1H3. The van der Waals surface area contributed by atoms with Crippen molar-refractivity contribution < 1.29 is 9.84 Å². The molecule has 2 aliphatic carbocycles. The van der Waals surface area contributed by atoms with E-state index in [1.54, 1.807) is 0 Å². The van der Waals surface area contributed by atoms with E-state index < -0.39 is 0 Å². The van der Waals surface area contributed by atoms with E-state index in [-0.39, 0.29) is 6.10 Å². The van der Waals surface area contributed by atoms with Gasteiger partial charge in [-0.2, -0.15) is 0 Å². The molecule has 2 saturated carbocycles. The van der Waals surface area contributed by atoms with Gasteiger partial charge in [-0.3, -0.25) is 0 Å². The van der Waals surface area contributed by atoms with Gasteiger partial charge in [0.05, 0.1) is 12.7 Å². The summed E-state index contributed by atoms with van der Waals surface area (Å²) in [6, 6.07) is 0. The second-order valence-corrected chi connectivity index (χ2v) is 5.50. The molecule has 1 unspecified atom stereocenters. The Kier molecular flexibility index (Phi) is 4.22. The lowest BCUT2D eigenvalue weighted by atomic mass is 9.75. The molecule has 94 valence electrons. The van der Waals surface area contributed by atoms with Crippen LogP contribution in [0, 0.1) is 5.92 Å². The van der Waals surface area contributed by atoms with Crippen molar-refractivity contribution in [1.29, 1.82) is 0 Å². The summed E-state index contributed by atoms with van der Waals surface area (Å²) in [5, 5.41) is 13.3. The van der Waals surface area contributed by atoms with Crippen molar-refractivity contribution in [1.82, 2.24) is 5.32 Å². The van der Waals surface area contributed by atoms with Crippen LogP contribution >= 0.6 is 0 Å². The molecule has 2 N–H and O–H groups in total. The second kappa shape index (κ2) is 5.48. The summed E-state index contributed by atoms with van der Waals surface area (Å²) >= 11 is 0. The van der Waals surface area contributed by atoms with Gasteiger partial charge in [0, 0.05) is 18.7 Å². The van der Waals surface area contributed by atoms with Crippen molar-refractivity contribution in [2.75, 3.05) is 19.8 Å². The van der Waals surface area contributed by atoms with Gasteiger partial charge >= 0.3 is 0 Å². The maximum atomic E-state index is 9.77. The largest absolute Gasteiger partial charge is 0.389 e. The van der Waals surface area contributed by atoms with E-state index in [1.165, 1.54) is 38.5 Å². The van der Waals surface area contributed by atoms with E-state index in [0.29, 0.717) is 18.7 Å². The summed E-state index contributed by atoms with van der Waals surface area (Å²) in [4.78, 5) is 0. The van der Waals surface area contributed by atoms with Gasteiger partial charge in [0.1, 0.15) is 0 Å². The molecule has 0 heterocycles. The maximum Gasteiger partial charge on any atom is 0.0897 e. The fraction of sp³-hybridized carbons (Fsp3) is 1.00. The third kappa shape index (κ3) is 3.44. The molecule has 0 bridgehead atoms. The quantitative estimate of drug-likeness (QED) is 0.663. The predicted octanol–water partition coefficient (Wildman–Crippen LogP) is 1.70. The molecule has 0 aromatic heterocycles. The maximum absolute atomic E-state index is 9.77. The van der Waals surface area contributed by atoms with Gasteiger partial charge in [0.15, 0.2) is 0 Å². The van der Waals surface area contributed by atoms with Crippen LogP contribution in [-0.4, -0.2) is 36.5 Å². The average Bonchev–Trinajstić information content (AvgIpc) is 3.01. The van der Waals surface area contributed by atoms with Crippen LogP contribution in [0.25, 0.3) is 0 Å². The summed E-state index contributed by atoms with van der Waals surface area (Å²) < 4.78 is 5.48. The van der Waals surface area contributed by atoms with Crippen LogP contribution in [-0.2, 0) is 4.74 Å². The highest BCUT2D eigenvalue weighted by atomic mass is 16.5. The van der Waals surface area contributed by atoms with Crippen LogP contribution in [0.3, 0.4) is 0 Å². The molecule has 0 aromatic carbocycles. The van der Waals surface area contributed by atoms with E-state index in [0.717, 1.165) is 12.5 Å². The Morgan fingerprint density at radius 3 is 2.69 bits per heavy atom. The van der Waals surface area contributed by atoms with Gasteiger partial charge in [-0.05, 0) is 44.4 Å². The zero-order valence-electron chi connectivity index (χ0n) is 10.4. The molecule has 0 amide bonds. The van der Waals surface area contributed by atoms with Crippen LogP contribution < -0.4 is 5.32 Å². The number of nitrogens with one attached hydrogen (secondary N) is 1. The fourth-order valence-electron chi connectivity index (χ4n) is 2.31. The van der Waals surface area contributed by atoms with Crippen LogP contribution in [0.4, 0.5) is 0 Å². The van der Waals surface area contributed by atoms with E-state index in [9.17, 15) is 5.11 Å². The first-order valence-electron chi connectivity index (χ1n) is 6.75. The van der Waals surface area contributed by atoms with E-state index in [1.807, 2.05) is 0 Å². The van der Waals surface area contributed by atoms with Gasteiger partial charge in [-0.1, -0.05) is 6.92 Å². The molecule has 1 atom stereocenters. The van der Waals surface area contributed by atoms with E-state index in [2.05, 4.69) is 12.2 Å². The number of β-amino-alcohol motifs (C(OH)–C–C–N with tert-alkyl or cyclic N) is 1. The Hall–Kier alpha value is -0.120. The monoisotopic (exact) mass is 227 g/mol. The molecule has 0 spiro atoms. The number of aliphatic hydroxyl groups is 1. The van der Waals surface area contributed by atoms with Crippen molar-refractivity contribution in [3.63, 3.8) is 0 Å². The lowest BCUT2D eigenvalue weighted by molar-refractivity contribution is 0.0235. The molecule has 2 aliphatic rings. The van der Waals surface area contributed by atoms with Crippen molar-refractivity contribution >= 4 is 0 Å². The van der Waals surface area contributed by atoms with Crippen molar-refractivity contribution in [2.24, 2.45) is 5.92 Å². The Balaban J connectivity index is 1.53. The molecule has 3 nitrogen and oxygen atoms in total. The highest BCUT2D eigenvalue weighted by molar-refractivity contribution is 4.94. The zero-order chi connectivity index (χ0) is 11.4. The van der Waals surface area contributed by atoms with Crippen LogP contribution in [0.5, 0.6) is 0 Å². The highest BCUT2D eigenvalue weighted by Gasteiger charge is 2.34. The topological polar surface area (TPSA) is 41.5 Å². The van der Waals surface area contributed by atoms with Gasteiger partial charge in [0.25, 0.3) is 0 Å². The van der Waals surface area contributed by atoms with Crippen LogP contribution in [0.2, 0.25) is 0 Å². The number of ether oxygens (including phenoxy) is 1. The van der Waals surface area contributed by atoms with E-state index >= 15 is 0 Å². The van der Waals surface area contributed by atoms with Crippen molar-refractivity contribution in [3.05, 3.63) is 0 Å². The first-order valence-corrected chi connectivity index (χ1v) is 6.75. The van der Waals surface area contributed by atoms with Crippen molar-refractivity contribution in [2.45, 2.75) is 57.1 Å². The summed E-state index contributed by atoms with van der Waals surface area (Å²) in [7, 11) is 0. The van der Waals surface area contributed by atoms with Gasteiger partial charge in [-0.15, -0.1) is 0 Å². The molecule has 0 aliphatic heterocycles. The lowest BCUT2D eigenvalue weighted by Gasteiger charge is -2.42. The van der Waals surface area contributed by atoms with Gasteiger partial charge in [-0.25, -0.2) is 0 Å². The third-order valence-corrected chi connectivity index (χ3v) is 4.06. The fourth-order valence-corrected chi connectivity index (χ4v) is 2.31. The predicted molar refractivity (Wildman–Crippen MR) is 64.4 cm³/mol. The molecular formula is C13H25NO2. The normalized spacial score (nSPS) is 25.1. The molecular weight excluding hydrogens is 202 g/mol. The summed E-state index contributed by atoms with van der Waals surface area (Å²) in [5.41, 5.74) is 0.331. The minimum atomic E-state index is -0.345. The number of aliphatic hydroxyl groups excluding tert-OH is 1. The Labute approximate surface area is 98.6 Å². The first kappa shape index (κ1) is 12.3. The molecule has 0 saturated heterocycles. The van der Waals surface area contributed by atoms with Crippen LogP contribution in [0.15, 0.2) is 0 Å². The van der Waals surface area contributed by atoms with Crippen molar-refractivity contribution in [3.8, 4) is 0 Å².